The van der Waals surface area contributed by atoms with Crippen molar-refractivity contribution in [1.29, 1.82) is 0 Å². The predicted molar refractivity (Wildman–Crippen MR) is 136 cm³/mol. The highest BCUT2D eigenvalue weighted by Gasteiger charge is 2.32. The average molecular weight is 508 g/mol. The average Bonchev–Trinajstić information content (AvgIpc) is 3.03. The fraction of sp³-hybridized carbons (Fsp3) is 0.222. The first-order chi connectivity index (χ1) is 17.3. The highest BCUT2D eigenvalue weighted by molar-refractivity contribution is 6.34. The number of urea groups is 1. The number of hydrogen-bond donors (Lipinski definition) is 2. The molecule has 3 amide bonds. The van der Waals surface area contributed by atoms with Crippen LogP contribution in [0.2, 0.25) is 5.02 Å². The van der Waals surface area contributed by atoms with Gasteiger partial charge in [0.15, 0.2) is 0 Å². The van der Waals surface area contributed by atoms with E-state index in [-0.39, 0.29) is 30.1 Å². The van der Waals surface area contributed by atoms with Crippen molar-refractivity contribution in [2.24, 2.45) is 0 Å². The van der Waals surface area contributed by atoms with Gasteiger partial charge in [0, 0.05) is 24.8 Å². The van der Waals surface area contributed by atoms with Crippen molar-refractivity contribution >= 4 is 35.2 Å². The molecule has 3 aromatic rings. The lowest BCUT2D eigenvalue weighted by molar-refractivity contribution is -0.135. The molecule has 0 saturated heterocycles. The summed E-state index contributed by atoms with van der Waals surface area (Å²) in [6, 6.07) is 21.1. The van der Waals surface area contributed by atoms with Crippen molar-refractivity contribution in [3.05, 3.63) is 94.5 Å². The molecule has 2 N–H and O–H groups in total. The molecule has 1 aliphatic rings. The Morgan fingerprint density at radius 3 is 2.50 bits per heavy atom. The number of ether oxygens (including phenoxy) is 1. The van der Waals surface area contributed by atoms with E-state index in [2.05, 4.69) is 5.32 Å². The number of carboxylic acid groups (broad SMARTS) is 1. The Bertz CT molecular complexity index is 1270. The number of anilines is 1. The van der Waals surface area contributed by atoms with Crippen molar-refractivity contribution in [1.82, 2.24) is 10.2 Å². The number of carboxylic acids is 1. The largest absolute Gasteiger partial charge is 0.489 e. The number of nitrogens with zero attached hydrogens (tertiary/aromatic N) is 2. The highest BCUT2D eigenvalue weighted by Crippen LogP contribution is 2.31. The van der Waals surface area contributed by atoms with Crippen LogP contribution in [0.4, 0.5) is 10.5 Å². The van der Waals surface area contributed by atoms with Gasteiger partial charge in [0.1, 0.15) is 18.9 Å². The number of carbonyl (C=O) groups is 3. The SMILES string of the molecule is C[C@@H]1CN(C(=O)c2ccc(OCc3ccccc3)cc2Cl)c2ccccc2CN1C(=O)NCC(=O)O. The molecule has 0 radical (unpaired) electrons. The summed E-state index contributed by atoms with van der Waals surface area (Å²) in [5.41, 5.74) is 2.76. The van der Waals surface area contributed by atoms with Gasteiger partial charge in [0.05, 0.1) is 10.6 Å². The van der Waals surface area contributed by atoms with Crippen molar-refractivity contribution in [2.75, 3.05) is 18.0 Å². The van der Waals surface area contributed by atoms with Gasteiger partial charge >= 0.3 is 12.0 Å². The van der Waals surface area contributed by atoms with E-state index in [4.69, 9.17) is 21.4 Å². The molecule has 3 aromatic carbocycles. The normalized spacial score (nSPS) is 15.0. The summed E-state index contributed by atoms with van der Waals surface area (Å²) in [4.78, 5) is 40.4. The molecule has 1 aliphatic heterocycles. The van der Waals surface area contributed by atoms with Crippen LogP contribution in [0.25, 0.3) is 0 Å². The molecule has 9 heteroatoms. The van der Waals surface area contributed by atoms with E-state index in [0.29, 0.717) is 23.6 Å². The molecule has 36 heavy (non-hydrogen) atoms. The second-order valence-electron chi connectivity index (χ2n) is 8.49. The van der Waals surface area contributed by atoms with E-state index in [9.17, 15) is 14.4 Å². The minimum absolute atomic E-state index is 0.207. The second kappa shape index (κ2) is 11.1. The third-order valence-corrected chi connectivity index (χ3v) is 6.23. The van der Waals surface area contributed by atoms with Crippen LogP contribution in [0.1, 0.15) is 28.4 Å². The van der Waals surface area contributed by atoms with E-state index in [1.165, 1.54) is 4.90 Å². The molecule has 0 fully saturated rings. The number of nitrogens with one attached hydrogen (secondary N) is 1. The third kappa shape index (κ3) is 5.78. The Morgan fingerprint density at radius 2 is 1.78 bits per heavy atom. The Kier molecular flexibility index (Phi) is 7.75. The minimum atomic E-state index is -1.13. The van der Waals surface area contributed by atoms with E-state index in [1.54, 1.807) is 23.1 Å². The van der Waals surface area contributed by atoms with E-state index >= 15 is 0 Å². The number of hydrogen-bond acceptors (Lipinski definition) is 4. The van der Waals surface area contributed by atoms with Crippen molar-refractivity contribution in [3.8, 4) is 5.75 Å². The number of para-hydroxylation sites is 1. The van der Waals surface area contributed by atoms with E-state index in [1.807, 2.05) is 61.5 Å². The third-order valence-electron chi connectivity index (χ3n) is 5.92. The summed E-state index contributed by atoms with van der Waals surface area (Å²) >= 11 is 6.52. The number of aliphatic carboxylic acids is 1. The topological polar surface area (TPSA) is 99.2 Å². The maximum Gasteiger partial charge on any atom is 0.323 e. The lowest BCUT2D eigenvalue weighted by Crippen LogP contribution is -2.49. The van der Waals surface area contributed by atoms with Crippen molar-refractivity contribution < 1.29 is 24.2 Å². The van der Waals surface area contributed by atoms with Gasteiger partial charge in [0.2, 0.25) is 0 Å². The second-order valence-corrected chi connectivity index (χ2v) is 8.90. The Balaban J connectivity index is 1.55. The van der Waals surface area contributed by atoms with Gasteiger partial charge in [-0.2, -0.15) is 0 Å². The van der Waals surface area contributed by atoms with Crippen molar-refractivity contribution in [2.45, 2.75) is 26.1 Å². The zero-order valence-corrected chi connectivity index (χ0v) is 20.4. The van der Waals surface area contributed by atoms with Gasteiger partial charge in [-0.1, -0.05) is 60.1 Å². The fourth-order valence-corrected chi connectivity index (χ4v) is 4.32. The smallest absolute Gasteiger partial charge is 0.323 e. The zero-order chi connectivity index (χ0) is 25.7. The van der Waals surface area contributed by atoms with Gasteiger partial charge in [-0.3, -0.25) is 9.59 Å². The summed E-state index contributed by atoms with van der Waals surface area (Å²) in [5, 5.41) is 11.6. The number of benzene rings is 3. The quantitative estimate of drug-likeness (QED) is 0.509. The van der Waals surface area contributed by atoms with Crippen LogP contribution in [0.5, 0.6) is 5.75 Å². The number of rotatable bonds is 6. The molecule has 8 nitrogen and oxygen atoms in total. The molecule has 0 unspecified atom stereocenters. The maximum absolute atomic E-state index is 13.7. The van der Waals surface area contributed by atoms with Crippen LogP contribution in [-0.4, -0.2) is 47.0 Å². The number of halogens is 1. The molecule has 0 saturated carbocycles. The summed E-state index contributed by atoms with van der Waals surface area (Å²) in [5.74, 6) is -0.887. The monoisotopic (exact) mass is 507 g/mol. The molecular formula is C27H26ClN3O5. The molecule has 1 heterocycles. The molecule has 4 rings (SSSR count). The molecule has 1 atom stereocenters. The zero-order valence-electron chi connectivity index (χ0n) is 19.7. The van der Waals surface area contributed by atoms with Crippen LogP contribution >= 0.6 is 11.6 Å². The van der Waals surface area contributed by atoms with Gasteiger partial charge in [-0.05, 0) is 42.3 Å². The van der Waals surface area contributed by atoms with E-state index in [0.717, 1.165) is 11.1 Å². The van der Waals surface area contributed by atoms with Crippen LogP contribution in [0, 0.1) is 0 Å². The minimum Gasteiger partial charge on any atom is -0.489 e. The molecule has 0 bridgehead atoms. The first kappa shape index (κ1) is 25.1. The number of carbonyl (C=O) groups excluding carboxylic acids is 2. The first-order valence-corrected chi connectivity index (χ1v) is 11.8. The molecular weight excluding hydrogens is 482 g/mol. The predicted octanol–water partition coefficient (Wildman–Crippen LogP) is 4.56. The Morgan fingerprint density at radius 1 is 1.06 bits per heavy atom. The van der Waals surface area contributed by atoms with E-state index < -0.39 is 18.5 Å². The molecule has 186 valence electrons. The molecule has 0 spiro atoms. The highest BCUT2D eigenvalue weighted by atomic mass is 35.5. The van der Waals surface area contributed by atoms with Gasteiger partial charge < -0.3 is 25.0 Å². The Labute approximate surface area is 214 Å². The number of amides is 3. The lowest BCUT2D eigenvalue weighted by atomic mass is 10.1. The summed E-state index contributed by atoms with van der Waals surface area (Å²) < 4.78 is 5.82. The van der Waals surface area contributed by atoms with Gasteiger partial charge in [0.25, 0.3) is 5.91 Å². The fourth-order valence-electron chi connectivity index (χ4n) is 4.07. The molecule has 0 aromatic heterocycles. The van der Waals surface area contributed by atoms with Crippen LogP contribution < -0.4 is 15.0 Å². The summed E-state index contributed by atoms with van der Waals surface area (Å²) in [7, 11) is 0. The van der Waals surface area contributed by atoms with Crippen LogP contribution in [0.15, 0.2) is 72.8 Å². The Hall–Kier alpha value is -4.04. The summed E-state index contributed by atoms with van der Waals surface area (Å²) in [6.45, 7) is 2.14. The van der Waals surface area contributed by atoms with Crippen LogP contribution in [-0.2, 0) is 17.9 Å². The number of fused-ring (bicyclic) bond motifs is 1. The van der Waals surface area contributed by atoms with Crippen molar-refractivity contribution in [3.63, 3.8) is 0 Å². The molecule has 0 aliphatic carbocycles. The lowest BCUT2D eigenvalue weighted by Gasteiger charge is -2.29. The first-order valence-electron chi connectivity index (χ1n) is 11.5. The van der Waals surface area contributed by atoms with Gasteiger partial charge in [-0.25, -0.2) is 4.79 Å². The summed E-state index contributed by atoms with van der Waals surface area (Å²) in [6.07, 6.45) is 0. The van der Waals surface area contributed by atoms with Crippen LogP contribution in [0.3, 0.4) is 0 Å². The van der Waals surface area contributed by atoms with Gasteiger partial charge in [-0.15, -0.1) is 0 Å². The standard InChI is InChI=1S/C27H26ClN3O5/c1-18-15-31(24-10-6-5-9-20(24)16-30(18)27(35)29-14-25(32)33)26(34)22-12-11-21(13-23(22)28)36-17-19-7-3-2-4-8-19/h2-13,18H,14-17H2,1H3,(H,29,35)(H,32,33)/t18-/m1/s1. The maximum atomic E-state index is 13.7.